The molecule has 0 aromatic carbocycles. The number of nitrogen functional groups attached to an aromatic ring is 1. The Bertz CT molecular complexity index is 222. The van der Waals surface area contributed by atoms with Crippen molar-refractivity contribution in [3.63, 3.8) is 0 Å². The number of nitrogens with two attached hydrogens (primary N) is 1. The zero-order valence-electron chi connectivity index (χ0n) is 6.09. The maximum atomic E-state index is 9.35. The second kappa shape index (κ2) is 2.02. The van der Waals surface area contributed by atoms with Crippen molar-refractivity contribution in [1.29, 1.82) is 0 Å². The van der Waals surface area contributed by atoms with Gasteiger partial charge in [0.15, 0.2) is 5.88 Å². The average molecular weight is 141 g/mol. The molecule has 3 nitrogen and oxygen atoms in total. The second-order valence-electron chi connectivity index (χ2n) is 2.76. The van der Waals surface area contributed by atoms with E-state index in [0.717, 1.165) is 0 Å². The Labute approximate surface area is 59.5 Å². The fourth-order valence-corrected chi connectivity index (χ4v) is 0.682. The Morgan fingerprint density at radius 2 is 2.10 bits per heavy atom. The highest BCUT2D eigenvalue weighted by atomic mass is 16.4. The zero-order valence-corrected chi connectivity index (χ0v) is 6.09. The van der Waals surface area contributed by atoms with E-state index in [0.29, 0.717) is 11.6 Å². The highest BCUT2D eigenvalue weighted by Crippen LogP contribution is 2.22. The van der Waals surface area contributed by atoms with Crippen LogP contribution in [0.2, 0.25) is 0 Å². The first-order chi connectivity index (χ1) is 4.50. The van der Waals surface area contributed by atoms with Gasteiger partial charge in [0.1, 0.15) is 11.4 Å². The van der Waals surface area contributed by atoms with Crippen LogP contribution in [0.25, 0.3) is 0 Å². The Morgan fingerprint density at radius 1 is 1.50 bits per heavy atom. The SMILES string of the molecule is CC(C)(O)c1ccc(N)o1. The van der Waals surface area contributed by atoms with Gasteiger partial charge in [-0.1, -0.05) is 0 Å². The van der Waals surface area contributed by atoms with Gasteiger partial charge in [0.2, 0.25) is 0 Å². The molecule has 1 aromatic heterocycles. The maximum Gasteiger partial charge on any atom is 0.190 e. The summed E-state index contributed by atoms with van der Waals surface area (Å²) in [6.45, 7) is 3.29. The molecule has 0 amide bonds. The summed E-state index contributed by atoms with van der Waals surface area (Å²) in [7, 11) is 0. The quantitative estimate of drug-likeness (QED) is 0.615. The third-order valence-corrected chi connectivity index (χ3v) is 1.23. The van der Waals surface area contributed by atoms with E-state index < -0.39 is 5.60 Å². The lowest BCUT2D eigenvalue weighted by molar-refractivity contribution is 0.0550. The van der Waals surface area contributed by atoms with Gasteiger partial charge >= 0.3 is 0 Å². The minimum Gasteiger partial charge on any atom is -0.443 e. The molecule has 3 heteroatoms. The molecule has 0 saturated heterocycles. The molecule has 56 valence electrons. The Morgan fingerprint density at radius 3 is 2.30 bits per heavy atom. The summed E-state index contributed by atoms with van der Waals surface area (Å²) >= 11 is 0. The van der Waals surface area contributed by atoms with Crippen LogP contribution in [-0.4, -0.2) is 5.11 Å². The fraction of sp³-hybridized carbons (Fsp3) is 0.429. The Balaban J connectivity index is 2.96. The lowest BCUT2D eigenvalue weighted by atomic mass is 10.1. The summed E-state index contributed by atoms with van der Waals surface area (Å²) < 4.78 is 4.98. The lowest BCUT2D eigenvalue weighted by Crippen LogP contribution is -2.13. The number of anilines is 1. The van der Waals surface area contributed by atoms with Crippen molar-refractivity contribution >= 4 is 5.88 Å². The number of aliphatic hydroxyl groups is 1. The van der Waals surface area contributed by atoms with Gasteiger partial charge < -0.3 is 15.3 Å². The van der Waals surface area contributed by atoms with E-state index in [1.807, 2.05) is 0 Å². The largest absolute Gasteiger partial charge is 0.443 e. The van der Waals surface area contributed by atoms with Gasteiger partial charge in [0.25, 0.3) is 0 Å². The van der Waals surface area contributed by atoms with Gasteiger partial charge in [-0.05, 0) is 19.9 Å². The molecule has 0 fully saturated rings. The first-order valence-corrected chi connectivity index (χ1v) is 3.08. The topological polar surface area (TPSA) is 59.4 Å². The molecular weight excluding hydrogens is 130 g/mol. The number of furan rings is 1. The van der Waals surface area contributed by atoms with Crippen molar-refractivity contribution in [1.82, 2.24) is 0 Å². The van der Waals surface area contributed by atoms with Gasteiger partial charge in [0, 0.05) is 6.07 Å². The van der Waals surface area contributed by atoms with E-state index in [1.165, 1.54) is 0 Å². The normalized spacial score (nSPS) is 11.9. The minimum absolute atomic E-state index is 0.331. The van der Waals surface area contributed by atoms with E-state index in [4.69, 9.17) is 10.2 Å². The van der Waals surface area contributed by atoms with Crippen LogP contribution in [0.1, 0.15) is 19.6 Å². The third kappa shape index (κ3) is 1.30. The summed E-state index contributed by atoms with van der Waals surface area (Å²) in [5.41, 5.74) is 4.36. The molecule has 3 N–H and O–H groups in total. The molecular formula is C7H11NO2. The highest BCUT2D eigenvalue weighted by molar-refractivity contribution is 5.27. The maximum absolute atomic E-state index is 9.35. The van der Waals surface area contributed by atoms with Gasteiger partial charge in [-0.2, -0.15) is 0 Å². The molecule has 0 unspecified atom stereocenters. The number of hydrogen-bond donors (Lipinski definition) is 2. The van der Waals surface area contributed by atoms with Crippen molar-refractivity contribution in [2.45, 2.75) is 19.4 Å². The smallest absolute Gasteiger partial charge is 0.190 e. The van der Waals surface area contributed by atoms with Crippen molar-refractivity contribution in [3.8, 4) is 0 Å². The molecule has 0 aliphatic rings. The molecule has 0 saturated carbocycles. The summed E-state index contributed by atoms with van der Waals surface area (Å²) in [4.78, 5) is 0. The lowest BCUT2D eigenvalue weighted by Gasteiger charge is -2.12. The first-order valence-electron chi connectivity index (χ1n) is 3.08. The predicted octanol–water partition coefficient (Wildman–Crippen LogP) is 1.09. The zero-order chi connectivity index (χ0) is 7.78. The standard InChI is InChI=1S/C7H11NO2/c1-7(2,9)5-3-4-6(8)10-5/h3-4,9H,8H2,1-2H3. The van der Waals surface area contributed by atoms with Crippen LogP contribution in [-0.2, 0) is 5.60 Å². The van der Waals surface area contributed by atoms with E-state index in [-0.39, 0.29) is 0 Å². The summed E-state index contributed by atoms with van der Waals surface area (Å²) in [6, 6.07) is 3.28. The molecule has 0 atom stereocenters. The van der Waals surface area contributed by atoms with Crippen molar-refractivity contribution in [2.75, 3.05) is 5.73 Å². The van der Waals surface area contributed by atoms with Crippen LogP contribution in [0, 0.1) is 0 Å². The fourth-order valence-electron chi connectivity index (χ4n) is 0.682. The Kier molecular flexibility index (Phi) is 1.45. The molecule has 0 bridgehead atoms. The van der Waals surface area contributed by atoms with E-state index >= 15 is 0 Å². The molecule has 10 heavy (non-hydrogen) atoms. The number of rotatable bonds is 1. The van der Waals surface area contributed by atoms with Crippen molar-refractivity contribution < 1.29 is 9.52 Å². The van der Waals surface area contributed by atoms with Crippen LogP contribution in [0.5, 0.6) is 0 Å². The molecule has 1 aromatic rings. The van der Waals surface area contributed by atoms with Gasteiger partial charge in [-0.15, -0.1) is 0 Å². The first kappa shape index (κ1) is 7.15. The van der Waals surface area contributed by atoms with Crippen molar-refractivity contribution in [2.24, 2.45) is 0 Å². The molecule has 0 radical (unpaired) electrons. The molecule has 1 rings (SSSR count). The third-order valence-electron chi connectivity index (χ3n) is 1.23. The van der Waals surface area contributed by atoms with E-state index in [1.54, 1.807) is 26.0 Å². The van der Waals surface area contributed by atoms with E-state index in [9.17, 15) is 5.11 Å². The van der Waals surface area contributed by atoms with Crippen LogP contribution >= 0.6 is 0 Å². The summed E-state index contributed by atoms with van der Waals surface area (Å²) in [6.07, 6.45) is 0. The summed E-state index contributed by atoms with van der Waals surface area (Å²) in [5, 5.41) is 9.35. The second-order valence-corrected chi connectivity index (χ2v) is 2.76. The molecule has 0 spiro atoms. The van der Waals surface area contributed by atoms with Crippen LogP contribution in [0.4, 0.5) is 5.88 Å². The van der Waals surface area contributed by atoms with E-state index in [2.05, 4.69) is 0 Å². The van der Waals surface area contributed by atoms with Crippen molar-refractivity contribution in [3.05, 3.63) is 17.9 Å². The highest BCUT2D eigenvalue weighted by Gasteiger charge is 2.19. The molecule has 0 aliphatic heterocycles. The monoisotopic (exact) mass is 141 g/mol. The predicted molar refractivity (Wildman–Crippen MR) is 38.4 cm³/mol. The van der Waals surface area contributed by atoms with Crippen LogP contribution < -0.4 is 5.73 Å². The summed E-state index contributed by atoms with van der Waals surface area (Å²) in [5.74, 6) is 0.821. The van der Waals surface area contributed by atoms with Crippen LogP contribution in [0.3, 0.4) is 0 Å². The van der Waals surface area contributed by atoms with Gasteiger partial charge in [-0.25, -0.2) is 0 Å². The van der Waals surface area contributed by atoms with Gasteiger partial charge in [0.05, 0.1) is 0 Å². The number of hydrogen-bond acceptors (Lipinski definition) is 3. The van der Waals surface area contributed by atoms with Crippen LogP contribution in [0.15, 0.2) is 16.5 Å². The minimum atomic E-state index is -0.933. The Hall–Kier alpha value is -0.960. The molecule has 0 aliphatic carbocycles. The molecule has 1 heterocycles. The van der Waals surface area contributed by atoms with Gasteiger partial charge in [-0.3, -0.25) is 0 Å². The average Bonchev–Trinajstić information content (AvgIpc) is 2.11.